The SMILES string of the molecule is CCOC(=O)N1CCCN(C(=O)c2cc(OC)c(C)cc2OC)CC1. The van der Waals surface area contributed by atoms with E-state index in [9.17, 15) is 9.59 Å². The molecule has 0 bridgehead atoms. The van der Waals surface area contributed by atoms with Gasteiger partial charge in [-0.1, -0.05) is 0 Å². The Hall–Kier alpha value is -2.44. The quantitative estimate of drug-likeness (QED) is 0.834. The summed E-state index contributed by atoms with van der Waals surface area (Å²) in [5.74, 6) is 1.04. The van der Waals surface area contributed by atoms with Crippen LogP contribution in [0.15, 0.2) is 12.1 Å². The summed E-state index contributed by atoms with van der Waals surface area (Å²) in [6.45, 7) is 6.09. The molecule has 2 rings (SSSR count). The number of benzene rings is 1. The van der Waals surface area contributed by atoms with Crippen LogP contribution in [0.25, 0.3) is 0 Å². The summed E-state index contributed by atoms with van der Waals surface area (Å²) < 4.78 is 15.7. The van der Waals surface area contributed by atoms with E-state index in [0.717, 1.165) is 5.56 Å². The highest BCUT2D eigenvalue weighted by atomic mass is 16.6. The van der Waals surface area contributed by atoms with Gasteiger partial charge in [0.15, 0.2) is 0 Å². The summed E-state index contributed by atoms with van der Waals surface area (Å²) >= 11 is 0. The van der Waals surface area contributed by atoms with E-state index >= 15 is 0 Å². The number of hydrogen-bond donors (Lipinski definition) is 0. The molecule has 138 valence electrons. The van der Waals surface area contributed by atoms with Crippen molar-refractivity contribution in [1.82, 2.24) is 9.80 Å². The summed E-state index contributed by atoms with van der Waals surface area (Å²) in [7, 11) is 3.12. The topological polar surface area (TPSA) is 68.3 Å². The minimum atomic E-state index is -0.327. The first-order chi connectivity index (χ1) is 12.0. The second-order valence-electron chi connectivity index (χ2n) is 5.85. The van der Waals surface area contributed by atoms with Crippen molar-refractivity contribution < 1.29 is 23.8 Å². The van der Waals surface area contributed by atoms with Gasteiger partial charge in [-0.25, -0.2) is 4.79 Å². The van der Waals surface area contributed by atoms with E-state index in [1.807, 2.05) is 6.92 Å². The predicted octanol–water partition coefficient (Wildman–Crippen LogP) is 2.32. The maximum absolute atomic E-state index is 13.0. The molecule has 0 atom stereocenters. The fraction of sp³-hybridized carbons (Fsp3) is 0.556. The maximum Gasteiger partial charge on any atom is 0.409 e. The summed E-state index contributed by atoms with van der Waals surface area (Å²) in [6, 6.07) is 3.51. The van der Waals surface area contributed by atoms with Crippen LogP contribution in [0.3, 0.4) is 0 Å². The highest BCUT2D eigenvalue weighted by Crippen LogP contribution is 2.29. The maximum atomic E-state index is 13.0. The van der Waals surface area contributed by atoms with E-state index in [2.05, 4.69) is 0 Å². The van der Waals surface area contributed by atoms with Gasteiger partial charge in [-0.2, -0.15) is 0 Å². The molecule has 1 aliphatic heterocycles. The van der Waals surface area contributed by atoms with Gasteiger partial charge in [0.05, 0.1) is 26.4 Å². The van der Waals surface area contributed by atoms with E-state index < -0.39 is 0 Å². The molecule has 0 aromatic heterocycles. The molecule has 0 spiro atoms. The molecule has 1 saturated heterocycles. The van der Waals surface area contributed by atoms with Gasteiger partial charge in [-0.3, -0.25) is 4.79 Å². The molecule has 0 saturated carbocycles. The van der Waals surface area contributed by atoms with Crippen LogP contribution in [-0.2, 0) is 4.74 Å². The van der Waals surface area contributed by atoms with Crippen molar-refractivity contribution in [3.8, 4) is 11.5 Å². The minimum absolute atomic E-state index is 0.124. The Labute approximate surface area is 148 Å². The van der Waals surface area contributed by atoms with E-state index in [1.54, 1.807) is 43.1 Å². The first kappa shape index (κ1) is 18.9. The van der Waals surface area contributed by atoms with Gasteiger partial charge in [-0.15, -0.1) is 0 Å². The van der Waals surface area contributed by atoms with E-state index in [4.69, 9.17) is 14.2 Å². The Morgan fingerprint density at radius 1 is 1.00 bits per heavy atom. The number of rotatable bonds is 4. The molecule has 1 heterocycles. The number of aryl methyl sites for hydroxylation is 1. The first-order valence-corrected chi connectivity index (χ1v) is 8.45. The Balaban J connectivity index is 2.16. The summed E-state index contributed by atoms with van der Waals surface area (Å²) in [5.41, 5.74) is 1.37. The van der Waals surface area contributed by atoms with Crippen molar-refractivity contribution in [2.75, 3.05) is 47.0 Å². The molecule has 0 radical (unpaired) electrons. The van der Waals surface area contributed by atoms with Gasteiger partial charge in [0, 0.05) is 26.2 Å². The number of ether oxygens (including phenoxy) is 3. The molecule has 1 aliphatic rings. The average molecular weight is 350 g/mol. The average Bonchev–Trinajstić information content (AvgIpc) is 2.87. The molecule has 25 heavy (non-hydrogen) atoms. The van der Waals surface area contributed by atoms with Crippen LogP contribution in [0, 0.1) is 6.92 Å². The molecule has 7 nitrogen and oxygen atoms in total. The van der Waals surface area contributed by atoms with Gasteiger partial charge in [0.25, 0.3) is 5.91 Å². The number of nitrogens with zero attached hydrogens (tertiary/aromatic N) is 2. The number of amides is 2. The highest BCUT2D eigenvalue weighted by molar-refractivity contribution is 5.97. The zero-order valence-electron chi connectivity index (χ0n) is 15.3. The molecular weight excluding hydrogens is 324 g/mol. The van der Waals surface area contributed by atoms with Gasteiger partial charge in [0.1, 0.15) is 11.5 Å². The Kier molecular flexibility index (Phi) is 6.50. The lowest BCUT2D eigenvalue weighted by Gasteiger charge is -2.23. The van der Waals surface area contributed by atoms with Crippen molar-refractivity contribution in [3.05, 3.63) is 23.3 Å². The van der Waals surface area contributed by atoms with Crippen LogP contribution in [0.4, 0.5) is 4.79 Å². The molecule has 1 aromatic rings. The predicted molar refractivity (Wildman–Crippen MR) is 93.4 cm³/mol. The summed E-state index contributed by atoms with van der Waals surface area (Å²) in [5, 5.41) is 0. The van der Waals surface area contributed by atoms with Crippen LogP contribution in [0.5, 0.6) is 11.5 Å². The van der Waals surface area contributed by atoms with E-state index in [-0.39, 0.29) is 12.0 Å². The third kappa shape index (κ3) is 4.35. The molecular formula is C18H26N2O5. The number of methoxy groups -OCH3 is 2. The van der Waals surface area contributed by atoms with Crippen LogP contribution in [0.1, 0.15) is 29.3 Å². The Bertz CT molecular complexity index is 632. The lowest BCUT2D eigenvalue weighted by atomic mass is 10.1. The van der Waals surface area contributed by atoms with Crippen molar-refractivity contribution in [3.63, 3.8) is 0 Å². The monoisotopic (exact) mass is 350 g/mol. The third-order valence-corrected chi connectivity index (χ3v) is 4.26. The van der Waals surface area contributed by atoms with Crippen molar-refractivity contribution >= 4 is 12.0 Å². The van der Waals surface area contributed by atoms with Gasteiger partial charge in [-0.05, 0) is 38.0 Å². The summed E-state index contributed by atoms with van der Waals surface area (Å²) in [6.07, 6.45) is 0.377. The van der Waals surface area contributed by atoms with Crippen molar-refractivity contribution in [2.24, 2.45) is 0 Å². The van der Waals surface area contributed by atoms with E-state index in [0.29, 0.717) is 56.3 Å². The zero-order chi connectivity index (χ0) is 18.4. The number of carbonyl (C=O) groups is 2. The standard InChI is InChI=1S/C18H26N2O5/c1-5-25-18(22)20-8-6-7-19(9-10-20)17(21)14-12-15(23-3)13(2)11-16(14)24-4/h11-12H,5-10H2,1-4H3. The van der Waals surface area contributed by atoms with Gasteiger partial charge < -0.3 is 24.0 Å². The van der Waals surface area contributed by atoms with Crippen molar-refractivity contribution in [1.29, 1.82) is 0 Å². The molecule has 0 unspecified atom stereocenters. The Morgan fingerprint density at radius 2 is 1.64 bits per heavy atom. The second kappa shape index (κ2) is 8.60. The Morgan fingerprint density at radius 3 is 2.28 bits per heavy atom. The third-order valence-electron chi connectivity index (χ3n) is 4.26. The lowest BCUT2D eigenvalue weighted by molar-refractivity contribution is 0.0750. The molecule has 0 N–H and O–H groups in total. The fourth-order valence-electron chi connectivity index (χ4n) is 2.91. The van der Waals surface area contributed by atoms with Crippen LogP contribution in [-0.4, -0.2) is 68.8 Å². The van der Waals surface area contributed by atoms with Crippen LogP contribution >= 0.6 is 0 Å². The number of carbonyl (C=O) groups excluding carboxylic acids is 2. The molecule has 2 amide bonds. The lowest BCUT2D eigenvalue weighted by Crippen LogP contribution is -2.37. The van der Waals surface area contributed by atoms with Crippen LogP contribution in [0.2, 0.25) is 0 Å². The largest absolute Gasteiger partial charge is 0.496 e. The summed E-state index contributed by atoms with van der Waals surface area (Å²) in [4.78, 5) is 28.2. The molecule has 1 fully saturated rings. The zero-order valence-corrected chi connectivity index (χ0v) is 15.3. The van der Waals surface area contributed by atoms with Gasteiger partial charge in [0.2, 0.25) is 0 Å². The normalized spacial score (nSPS) is 14.7. The molecule has 0 aliphatic carbocycles. The van der Waals surface area contributed by atoms with Gasteiger partial charge >= 0.3 is 6.09 Å². The first-order valence-electron chi connectivity index (χ1n) is 8.45. The smallest absolute Gasteiger partial charge is 0.409 e. The molecule has 1 aromatic carbocycles. The highest BCUT2D eigenvalue weighted by Gasteiger charge is 2.26. The van der Waals surface area contributed by atoms with Crippen LogP contribution < -0.4 is 9.47 Å². The van der Waals surface area contributed by atoms with Crippen molar-refractivity contribution in [2.45, 2.75) is 20.3 Å². The minimum Gasteiger partial charge on any atom is -0.496 e. The van der Waals surface area contributed by atoms with E-state index in [1.165, 1.54) is 0 Å². The molecule has 7 heteroatoms. The second-order valence-corrected chi connectivity index (χ2v) is 5.85. The number of hydrogen-bond acceptors (Lipinski definition) is 5. The fourth-order valence-corrected chi connectivity index (χ4v) is 2.91.